The van der Waals surface area contributed by atoms with Crippen LogP contribution in [0.25, 0.3) is 10.9 Å². The van der Waals surface area contributed by atoms with E-state index < -0.39 is 12.7 Å². The highest BCUT2D eigenvalue weighted by molar-refractivity contribution is 5.82. The van der Waals surface area contributed by atoms with Crippen molar-refractivity contribution in [3.8, 4) is 5.75 Å². The van der Waals surface area contributed by atoms with E-state index in [-0.39, 0.29) is 12.4 Å². The van der Waals surface area contributed by atoms with E-state index in [1.165, 1.54) is 7.05 Å². The molecule has 0 aliphatic heterocycles. The molecule has 0 unspecified atom stereocenters. The summed E-state index contributed by atoms with van der Waals surface area (Å²) in [5.74, 6) is 0.876. The number of aromatic nitrogens is 1. The van der Waals surface area contributed by atoms with Crippen molar-refractivity contribution in [2.75, 3.05) is 26.4 Å². The Morgan fingerprint density at radius 2 is 2.00 bits per heavy atom. The topological polar surface area (TPSA) is 51.4 Å². The number of pyridine rings is 1. The zero-order valence-electron chi connectivity index (χ0n) is 11.7. The molecule has 7 heteroatoms. The van der Waals surface area contributed by atoms with Crippen LogP contribution in [0.4, 0.5) is 19.0 Å². The molecule has 0 aliphatic carbocycles. The minimum atomic E-state index is -4.23. The van der Waals surface area contributed by atoms with Crippen LogP contribution in [0.1, 0.15) is 5.56 Å². The lowest BCUT2D eigenvalue weighted by atomic mass is 10.1. The Kier molecular flexibility index (Phi) is 4.22. The molecule has 21 heavy (non-hydrogen) atoms. The van der Waals surface area contributed by atoms with Crippen LogP contribution in [-0.4, -0.2) is 36.8 Å². The first-order valence-electron chi connectivity index (χ1n) is 6.27. The third-order valence-electron chi connectivity index (χ3n) is 3.03. The van der Waals surface area contributed by atoms with Gasteiger partial charge in [0.15, 0.2) is 0 Å². The summed E-state index contributed by atoms with van der Waals surface area (Å²) in [7, 11) is 2.94. The zero-order valence-corrected chi connectivity index (χ0v) is 11.7. The van der Waals surface area contributed by atoms with E-state index in [2.05, 4.69) is 4.98 Å². The van der Waals surface area contributed by atoms with Crippen LogP contribution < -0.4 is 10.5 Å². The van der Waals surface area contributed by atoms with E-state index in [4.69, 9.17) is 10.5 Å². The third-order valence-corrected chi connectivity index (χ3v) is 3.03. The van der Waals surface area contributed by atoms with Gasteiger partial charge in [-0.15, -0.1) is 0 Å². The Morgan fingerprint density at radius 1 is 1.29 bits per heavy atom. The first-order valence-corrected chi connectivity index (χ1v) is 6.27. The van der Waals surface area contributed by atoms with Crippen molar-refractivity contribution in [3.05, 3.63) is 29.8 Å². The Hall–Kier alpha value is -2.02. The number of hydrogen-bond donors (Lipinski definition) is 1. The van der Waals surface area contributed by atoms with Crippen molar-refractivity contribution < 1.29 is 17.9 Å². The SMILES string of the molecule is COc1ccc2cc(CN(C)CC(F)(F)F)c(N)nc2c1. The average Bonchev–Trinajstić information content (AvgIpc) is 2.37. The summed E-state index contributed by atoms with van der Waals surface area (Å²) in [5, 5.41) is 0.806. The second-order valence-corrected chi connectivity index (χ2v) is 4.88. The molecule has 0 saturated heterocycles. The number of ether oxygens (including phenoxy) is 1. The highest BCUT2D eigenvalue weighted by atomic mass is 19.4. The number of fused-ring (bicyclic) bond motifs is 1. The predicted octanol–water partition coefficient (Wildman–Crippen LogP) is 2.82. The van der Waals surface area contributed by atoms with Gasteiger partial charge in [-0.25, -0.2) is 4.98 Å². The van der Waals surface area contributed by atoms with Crippen molar-refractivity contribution in [2.24, 2.45) is 0 Å². The fourth-order valence-corrected chi connectivity index (χ4v) is 2.11. The Bertz CT molecular complexity index is 643. The average molecular weight is 299 g/mol. The second-order valence-electron chi connectivity index (χ2n) is 4.88. The first kappa shape index (κ1) is 15.4. The number of nitrogen functional groups attached to an aromatic ring is 1. The zero-order chi connectivity index (χ0) is 15.6. The molecule has 0 aliphatic rings. The number of methoxy groups -OCH3 is 1. The van der Waals surface area contributed by atoms with Crippen molar-refractivity contribution in [1.29, 1.82) is 0 Å². The molecule has 0 bridgehead atoms. The number of hydrogen-bond acceptors (Lipinski definition) is 4. The van der Waals surface area contributed by atoms with Gasteiger partial charge < -0.3 is 10.5 Å². The molecule has 0 radical (unpaired) electrons. The van der Waals surface area contributed by atoms with Gasteiger partial charge in [0.1, 0.15) is 11.6 Å². The molecule has 2 rings (SSSR count). The largest absolute Gasteiger partial charge is 0.497 e. The maximum Gasteiger partial charge on any atom is 0.401 e. The van der Waals surface area contributed by atoms with Crippen LogP contribution in [-0.2, 0) is 6.54 Å². The van der Waals surface area contributed by atoms with Gasteiger partial charge >= 0.3 is 6.18 Å². The van der Waals surface area contributed by atoms with Crippen molar-refractivity contribution in [3.63, 3.8) is 0 Å². The molecule has 2 aromatic rings. The maximum atomic E-state index is 12.3. The van der Waals surface area contributed by atoms with Gasteiger partial charge in [0, 0.05) is 23.6 Å². The lowest BCUT2D eigenvalue weighted by molar-refractivity contribution is -0.144. The van der Waals surface area contributed by atoms with Crippen molar-refractivity contribution >= 4 is 16.7 Å². The molecule has 114 valence electrons. The highest BCUT2D eigenvalue weighted by Gasteiger charge is 2.29. The van der Waals surface area contributed by atoms with E-state index in [1.807, 2.05) is 0 Å². The van der Waals surface area contributed by atoms with Gasteiger partial charge in [-0.05, 0) is 25.2 Å². The number of rotatable bonds is 4. The van der Waals surface area contributed by atoms with Gasteiger partial charge in [0.2, 0.25) is 0 Å². The quantitative estimate of drug-likeness (QED) is 0.943. The molecule has 0 saturated carbocycles. The van der Waals surface area contributed by atoms with Gasteiger partial charge in [0.05, 0.1) is 19.2 Å². The molecule has 2 N–H and O–H groups in total. The number of anilines is 1. The summed E-state index contributed by atoms with van der Waals surface area (Å²) >= 11 is 0. The molecule has 1 heterocycles. The number of nitrogens with zero attached hydrogens (tertiary/aromatic N) is 2. The van der Waals surface area contributed by atoms with Crippen LogP contribution >= 0.6 is 0 Å². The molecular formula is C14H16F3N3O. The molecule has 4 nitrogen and oxygen atoms in total. The van der Waals surface area contributed by atoms with Crippen LogP contribution in [0, 0.1) is 0 Å². The molecular weight excluding hydrogens is 283 g/mol. The van der Waals surface area contributed by atoms with Gasteiger partial charge in [-0.3, -0.25) is 4.90 Å². The maximum absolute atomic E-state index is 12.3. The fraction of sp³-hybridized carbons (Fsp3) is 0.357. The van der Waals surface area contributed by atoms with Gasteiger partial charge in [-0.2, -0.15) is 13.2 Å². The van der Waals surface area contributed by atoms with Crippen molar-refractivity contribution in [1.82, 2.24) is 9.88 Å². The highest BCUT2D eigenvalue weighted by Crippen LogP contribution is 2.24. The van der Waals surface area contributed by atoms with E-state index in [0.717, 1.165) is 10.3 Å². The number of halogens is 3. The molecule has 0 spiro atoms. The molecule has 1 aromatic carbocycles. The summed E-state index contributed by atoms with van der Waals surface area (Å²) in [4.78, 5) is 5.38. The van der Waals surface area contributed by atoms with E-state index in [1.54, 1.807) is 31.4 Å². The monoisotopic (exact) mass is 299 g/mol. The number of alkyl halides is 3. The van der Waals surface area contributed by atoms with Crippen LogP contribution in [0.5, 0.6) is 5.75 Å². The van der Waals surface area contributed by atoms with Gasteiger partial charge in [0.25, 0.3) is 0 Å². The third kappa shape index (κ3) is 3.98. The van der Waals surface area contributed by atoms with Crippen molar-refractivity contribution in [2.45, 2.75) is 12.7 Å². The second kappa shape index (κ2) is 5.77. The lowest BCUT2D eigenvalue weighted by Crippen LogP contribution is -2.30. The summed E-state index contributed by atoms with van der Waals surface area (Å²) < 4.78 is 42.1. The Labute approximate surface area is 120 Å². The predicted molar refractivity (Wildman–Crippen MR) is 75.1 cm³/mol. The minimum Gasteiger partial charge on any atom is -0.497 e. The van der Waals surface area contributed by atoms with Crippen LogP contribution in [0.3, 0.4) is 0 Å². The molecule has 0 fully saturated rings. The van der Waals surface area contributed by atoms with E-state index in [0.29, 0.717) is 16.8 Å². The molecule has 1 aromatic heterocycles. The Morgan fingerprint density at radius 3 is 2.62 bits per heavy atom. The minimum absolute atomic E-state index is 0.0836. The fourth-order valence-electron chi connectivity index (χ4n) is 2.11. The van der Waals surface area contributed by atoms with Crippen LogP contribution in [0.15, 0.2) is 24.3 Å². The molecule has 0 atom stereocenters. The number of nitrogens with two attached hydrogens (primary N) is 1. The summed E-state index contributed by atoms with van der Waals surface area (Å²) in [6, 6.07) is 7.05. The van der Waals surface area contributed by atoms with Crippen LogP contribution in [0.2, 0.25) is 0 Å². The summed E-state index contributed by atoms with van der Waals surface area (Å²) in [5.41, 5.74) is 7.05. The van der Waals surface area contributed by atoms with E-state index >= 15 is 0 Å². The van der Waals surface area contributed by atoms with Gasteiger partial charge in [-0.1, -0.05) is 0 Å². The Balaban J connectivity index is 2.26. The first-order chi connectivity index (χ1) is 9.78. The lowest BCUT2D eigenvalue weighted by Gasteiger charge is -2.19. The number of benzene rings is 1. The molecule has 0 amide bonds. The van der Waals surface area contributed by atoms with E-state index in [9.17, 15) is 13.2 Å². The summed E-state index contributed by atoms with van der Waals surface area (Å²) in [6.07, 6.45) is -4.23. The smallest absolute Gasteiger partial charge is 0.401 e. The normalized spacial score (nSPS) is 12.1. The standard InChI is InChI=1S/C14H16F3N3O/c1-20(8-14(15,16)17)7-10-5-9-3-4-11(21-2)6-12(9)19-13(10)18/h3-6H,7-8H2,1-2H3,(H2,18,19). The summed E-state index contributed by atoms with van der Waals surface area (Å²) in [6.45, 7) is -0.909.